The summed E-state index contributed by atoms with van der Waals surface area (Å²) in [5.41, 5.74) is 3.17. The van der Waals surface area contributed by atoms with Crippen LogP contribution in [0.25, 0.3) is 0 Å². The molecule has 0 unspecified atom stereocenters. The summed E-state index contributed by atoms with van der Waals surface area (Å²) in [7, 11) is 0. The number of hydrazone groups is 1. The zero-order valence-corrected chi connectivity index (χ0v) is 17.0. The van der Waals surface area contributed by atoms with Crippen LogP contribution < -0.4 is 10.2 Å². The lowest BCUT2D eigenvalue weighted by Crippen LogP contribution is -2.19. The van der Waals surface area contributed by atoms with E-state index in [-0.39, 0.29) is 23.5 Å². The van der Waals surface area contributed by atoms with Gasteiger partial charge in [0.25, 0.3) is 5.69 Å². The van der Waals surface area contributed by atoms with E-state index in [1.807, 2.05) is 13.8 Å². The number of non-ortho nitro benzene ring substituents is 1. The fourth-order valence-electron chi connectivity index (χ4n) is 2.02. The highest BCUT2D eigenvalue weighted by molar-refractivity contribution is 8.00. The molecule has 2 rings (SSSR count). The number of benzene rings is 2. The second kappa shape index (κ2) is 10.7. The number of ether oxygens (including phenoxy) is 1. The molecule has 0 saturated carbocycles. The number of nitrogens with one attached hydrogen (secondary N) is 1. The Morgan fingerprint density at radius 1 is 1.36 bits per heavy atom. The van der Waals surface area contributed by atoms with E-state index in [4.69, 9.17) is 16.3 Å². The molecular formula is C19H20ClN3O4S. The number of nitro benzene ring substituents is 1. The Bertz CT molecular complexity index is 859. The summed E-state index contributed by atoms with van der Waals surface area (Å²) >= 11 is 7.46. The first-order valence-electron chi connectivity index (χ1n) is 8.54. The van der Waals surface area contributed by atoms with Gasteiger partial charge in [-0.1, -0.05) is 18.5 Å². The van der Waals surface area contributed by atoms with Crippen LogP contribution in [0.1, 0.15) is 25.8 Å². The molecule has 2 aromatic rings. The first-order valence-corrected chi connectivity index (χ1v) is 9.90. The summed E-state index contributed by atoms with van der Waals surface area (Å²) in [6.07, 6.45) is 2.45. The molecule has 0 saturated heterocycles. The normalized spacial score (nSPS) is 12.0. The van der Waals surface area contributed by atoms with Crippen molar-refractivity contribution in [2.24, 2.45) is 5.10 Å². The van der Waals surface area contributed by atoms with Crippen molar-refractivity contribution < 1.29 is 14.5 Å². The molecule has 0 aliphatic carbocycles. The van der Waals surface area contributed by atoms with E-state index in [0.717, 1.165) is 16.9 Å². The van der Waals surface area contributed by atoms with E-state index in [1.165, 1.54) is 30.1 Å². The molecule has 0 heterocycles. The van der Waals surface area contributed by atoms with E-state index in [9.17, 15) is 14.9 Å². The molecule has 9 heteroatoms. The largest absolute Gasteiger partial charge is 0.489 e. The van der Waals surface area contributed by atoms with E-state index in [2.05, 4.69) is 10.5 Å². The quantitative estimate of drug-likeness (QED) is 0.275. The van der Waals surface area contributed by atoms with Gasteiger partial charge in [-0.2, -0.15) is 5.10 Å². The smallest absolute Gasteiger partial charge is 0.269 e. The summed E-state index contributed by atoms with van der Waals surface area (Å²) in [6.45, 7) is 4.00. The summed E-state index contributed by atoms with van der Waals surface area (Å²) in [6, 6.07) is 11.3. The van der Waals surface area contributed by atoms with E-state index < -0.39 is 4.92 Å². The molecule has 0 bridgehead atoms. The maximum absolute atomic E-state index is 11.9. The van der Waals surface area contributed by atoms with Crippen LogP contribution in [0.3, 0.4) is 0 Å². The molecule has 0 spiro atoms. The maximum atomic E-state index is 11.9. The lowest BCUT2D eigenvalue weighted by Gasteiger charge is -2.13. The summed E-state index contributed by atoms with van der Waals surface area (Å²) in [5.74, 6) is 0.455. The molecule has 1 atom stereocenters. The third kappa shape index (κ3) is 6.86. The van der Waals surface area contributed by atoms with E-state index in [1.54, 1.807) is 30.3 Å². The second-order valence-electron chi connectivity index (χ2n) is 5.86. The number of amides is 1. The molecule has 1 amide bonds. The minimum absolute atomic E-state index is 0.0117. The van der Waals surface area contributed by atoms with Gasteiger partial charge in [-0.25, -0.2) is 5.43 Å². The van der Waals surface area contributed by atoms with Gasteiger partial charge >= 0.3 is 0 Å². The van der Waals surface area contributed by atoms with Gasteiger partial charge in [0.1, 0.15) is 5.75 Å². The Morgan fingerprint density at radius 3 is 2.68 bits per heavy atom. The molecule has 148 valence electrons. The van der Waals surface area contributed by atoms with E-state index in [0.29, 0.717) is 10.8 Å². The number of carbonyl (C=O) groups excluding carboxylic acids is 1. The predicted molar refractivity (Wildman–Crippen MR) is 111 cm³/mol. The highest BCUT2D eigenvalue weighted by Crippen LogP contribution is 2.26. The number of nitro groups is 1. The lowest BCUT2D eigenvalue weighted by atomic mass is 10.2. The van der Waals surface area contributed by atoms with Crippen molar-refractivity contribution in [1.29, 1.82) is 0 Å². The number of hydrogen-bond donors (Lipinski definition) is 1. The minimum atomic E-state index is -0.467. The Labute approximate surface area is 172 Å². The molecule has 0 aliphatic heterocycles. The van der Waals surface area contributed by atoms with Gasteiger partial charge in [-0.15, -0.1) is 11.8 Å². The third-order valence-corrected chi connectivity index (χ3v) is 4.99. The highest BCUT2D eigenvalue weighted by Gasteiger charge is 2.07. The summed E-state index contributed by atoms with van der Waals surface area (Å²) < 4.78 is 5.70. The minimum Gasteiger partial charge on any atom is -0.489 e. The number of carbonyl (C=O) groups is 1. The molecule has 7 nitrogen and oxygen atoms in total. The molecule has 28 heavy (non-hydrogen) atoms. The van der Waals surface area contributed by atoms with Gasteiger partial charge in [0, 0.05) is 17.0 Å². The van der Waals surface area contributed by atoms with Crippen LogP contribution in [-0.4, -0.2) is 28.9 Å². The number of rotatable bonds is 9. The molecular weight excluding hydrogens is 402 g/mol. The lowest BCUT2D eigenvalue weighted by molar-refractivity contribution is -0.384. The Kier molecular flexibility index (Phi) is 8.28. The monoisotopic (exact) mass is 421 g/mol. The first-order chi connectivity index (χ1) is 13.4. The van der Waals surface area contributed by atoms with Crippen LogP contribution in [0.4, 0.5) is 5.69 Å². The van der Waals surface area contributed by atoms with Gasteiger partial charge in [-0.05, 0) is 49.2 Å². The van der Waals surface area contributed by atoms with Crippen molar-refractivity contribution in [3.63, 3.8) is 0 Å². The zero-order chi connectivity index (χ0) is 20.5. The van der Waals surface area contributed by atoms with Gasteiger partial charge in [-0.3, -0.25) is 14.9 Å². The third-order valence-electron chi connectivity index (χ3n) is 3.68. The average Bonchev–Trinajstić information content (AvgIpc) is 2.68. The van der Waals surface area contributed by atoms with Gasteiger partial charge in [0.2, 0.25) is 5.91 Å². The Balaban J connectivity index is 1.82. The van der Waals surface area contributed by atoms with Gasteiger partial charge in [0.15, 0.2) is 0 Å². The Hall–Kier alpha value is -2.58. The van der Waals surface area contributed by atoms with Crippen LogP contribution in [0.5, 0.6) is 5.75 Å². The van der Waals surface area contributed by atoms with Crippen molar-refractivity contribution in [3.05, 3.63) is 63.2 Å². The molecule has 1 N–H and O–H groups in total. The zero-order valence-electron chi connectivity index (χ0n) is 15.4. The fourth-order valence-corrected chi connectivity index (χ4v) is 2.94. The van der Waals surface area contributed by atoms with Crippen molar-refractivity contribution in [2.75, 3.05) is 5.75 Å². The van der Waals surface area contributed by atoms with Crippen LogP contribution >= 0.6 is 23.4 Å². The van der Waals surface area contributed by atoms with Crippen molar-refractivity contribution >= 4 is 41.2 Å². The number of halogens is 1. The SMILES string of the molecule is CC[C@@H](C)Oc1ccc(/C=N\NC(=O)CSc2ccc([N+](=O)[O-])cc2)cc1Cl. The van der Waals surface area contributed by atoms with Gasteiger partial charge < -0.3 is 4.74 Å². The summed E-state index contributed by atoms with van der Waals surface area (Å²) in [5, 5.41) is 15.0. The molecule has 0 fully saturated rings. The van der Waals surface area contributed by atoms with Crippen LogP contribution in [0.15, 0.2) is 52.5 Å². The molecule has 0 radical (unpaired) electrons. The molecule has 2 aromatic carbocycles. The van der Waals surface area contributed by atoms with Crippen LogP contribution in [-0.2, 0) is 4.79 Å². The van der Waals surface area contributed by atoms with Crippen LogP contribution in [0, 0.1) is 10.1 Å². The topological polar surface area (TPSA) is 93.8 Å². The fraction of sp³-hybridized carbons (Fsp3) is 0.263. The number of nitrogens with zero attached hydrogens (tertiary/aromatic N) is 2. The average molecular weight is 422 g/mol. The molecule has 0 aliphatic rings. The standard InChI is InChI=1S/C19H20ClN3O4S/c1-3-13(2)27-18-9-4-14(10-17(18)20)11-21-22-19(24)12-28-16-7-5-15(6-8-16)23(25)26/h4-11,13H,3,12H2,1-2H3,(H,22,24)/b21-11-/t13-/m1/s1. The van der Waals surface area contributed by atoms with Crippen molar-refractivity contribution in [3.8, 4) is 5.75 Å². The van der Waals surface area contributed by atoms with Gasteiger partial charge in [0.05, 0.1) is 28.0 Å². The highest BCUT2D eigenvalue weighted by atomic mass is 35.5. The molecule has 0 aromatic heterocycles. The second-order valence-corrected chi connectivity index (χ2v) is 7.32. The summed E-state index contributed by atoms with van der Waals surface area (Å²) in [4.78, 5) is 22.8. The number of thioether (sulfide) groups is 1. The Morgan fingerprint density at radius 2 is 2.07 bits per heavy atom. The van der Waals surface area contributed by atoms with E-state index >= 15 is 0 Å². The van der Waals surface area contributed by atoms with Crippen molar-refractivity contribution in [2.45, 2.75) is 31.3 Å². The maximum Gasteiger partial charge on any atom is 0.269 e. The predicted octanol–water partition coefficient (Wildman–Crippen LogP) is 4.67. The van der Waals surface area contributed by atoms with Crippen LogP contribution in [0.2, 0.25) is 5.02 Å². The number of hydrogen-bond acceptors (Lipinski definition) is 6. The first kappa shape index (κ1) is 21.7. The van der Waals surface area contributed by atoms with Crippen molar-refractivity contribution in [1.82, 2.24) is 5.43 Å².